The quantitative estimate of drug-likeness (QED) is 0.812. The van der Waals surface area contributed by atoms with Gasteiger partial charge in [-0.1, -0.05) is 6.92 Å². The van der Waals surface area contributed by atoms with Crippen LogP contribution >= 0.6 is 11.5 Å². The zero-order valence-electron chi connectivity index (χ0n) is 8.79. The minimum atomic E-state index is 0.144. The molecule has 0 amide bonds. The molecule has 1 aromatic rings. The van der Waals surface area contributed by atoms with E-state index in [1.165, 1.54) is 30.8 Å². The van der Waals surface area contributed by atoms with Gasteiger partial charge in [0.1, 0.15) is 10.8 Å². The molecule has 78 valence electrons. The van der Waals surface area contributed by atoms with Gasteiger partial charge in [-0.15, -0.1) is 0 Å². The van der Waals surface area contributed by atoms with E-state index in [9.17, 15) is 0 Å². The summed E-state index contributed by atoms with van der Waals surface area (Å²) >= 11 is 1.53. The van der Waals surface area contributed by atoms with Crippen LogP contribution in [0.15, 0.2) is 0 Å². The molecule has 0 aliphatic heterocycles. The Kier molecular flexibility index (Phi) is 2.58. The first kappa shape index (κ1) is 10.1. The van der Waals surface area contributed by atoms with Gasteiger partial charge in [0.15, 0.2) is 0 Å². The van der Waals surface area contributed by atoms with Crippen LogP contribution < -0.4 is 5.73 Å². The lowest BCUT2D eigenvalue weighted by atomic mass is 9.86. The molecule has 14 heavy (non-hydrogen) atoms. The highest BCUT2D eigenvalue weighted by Gasteiger charge is 2.40. The monoisotopic (exact) mass is 211 g/mol. The molecule has 1 fully saturated rings. The fraction of sp³-hybridized carbons (Fsp3) is 0.800. The topological polar surface area (TPSA) is 51.8 Å². The highest BCUT2D eigenvalue weighted by molar-refractivity contribution is 7.05. The number of aryl methyl sites for hydroxylation is 1. The minimum absolute atomic E-state index is 0.144. The highest BCUT2D eigenvalue weighted by atomic mass is 32.1. The van der Waals surface area contributed by atoms with E-state index in [4.69, 9.17) is 5.73 Å². The molecule has 2 unspecified atom stereocenters. The number of hydrogen-bond donors (Lipinski definition) is 1. The van der Waals surface area contributed by atoms with Crippen molar-refractivity contribution < 1.29 is 0 Å². The molecule has 1 aromatic heterocycles. The van der Waals surface area contributed by atoms with E-state index in [2.05, 4.69) is 16.3 Å². The van der Waals surface area contributed by atoms with E-state index < -0.39 is 0 Å². The summed E-state index contributed by atoms with van der Waals surface area (Å²) in [7, 11) is 0. The Morgan fingerprint density at radius 2 is 2.43 bits per heavy atom. The first-order valence-electron chi connectivity index (χ1n) is 5.17. The second-order valence-electron chi connectivity index (χ2n) is 4.48. The Balaban J connectivity index is 2.29. The Bertz CT molecular complexity index is 323. The molecule has 0 saturated heterocycles. The summed E-state index contributed by atoms with van der Waals surface area (Å²) < 4.78 is 4.25. The van der Waals surface area contributed by atoms with Crippen LogP contribution in [0, 0.1) is 12.8 Å². The summed E-state index contributed by atoms with van der Waals surface area (Å²) in [6, 6.07) is 0. The van der Waals surface area contributed by atoms with E-state index in [0.29, 0.717) is 6.54 Å². The van der Waals surface area contributed by atoms with Crippen molar-refractivity contribution >= 4 is 11.5 Å². The Morgan fingerprint density at radius 3 is 2.86 bits per heavy atom. The third-order valence-electron chi connectivity index (χ3n) is 3.23. The summed E-state index contributed by atoms with van der Waals surface area (Å²) in [6.07, 6.45) is 3.63. The third-order valence-corrected chi connectivity index (χ3v) is 4.28. The van der Waals surface area contributed by atoms with Crippen molar-refractivity contribution in [2.45, 2.75) is 38.5 Å². The van der Waals surface area contributed by atoms with Crippen LogP contribution in [0.1, 0.15) is 37.0 Å². The van der Waals surface area contributed by atoms with Crippen molar-refractivity contribution in [1.82, 2.24) is 9.36 Å². The van der Waals surface area contributed by atoms with Crippen molar-refractivity contribution in [3.8, 4) is 0 Å². The molecule has 1 aliphatic carbocycles. The van der Waals surface area contributed by atoms with Crippen LogP contribution in [-0.4, -0.2) is 15.9 Å². The number of rotatable bonds is 2. The van der Waals surface area contributed by atoms with Crippen molar-refractivity contribution in [2.24, 2.45) is 11.7 Å². The van der Waals surface area contributed by atoms with E-state index in [0.717, 1.165) is 16.7 Å². The average Bonchev–Trinajstić information content (AvgIpc) is 2.73. The second-order valence-corrected chi connectivity index (χ2v) is 5.23. The zero-order valence-corrected chi connectivity index (χ0v) is 9.60. The summed E-state index contributed by atoms with van der Waals surface area (Å²) in [5, 5.41) is 1.15. The minimum Gasteiger partial charge on any atom is -0.329 e. The predicted octanol–water partition coefficient (Wildman–Crippen LogP) is 1.86. The van der Waals surface area contributed by atoms with Crippen LogP contribution in [0.3, 0.4) is 0 Å². The lowest BCUT2D eigenvalue weighted by Crippen LogP contribution is -2.32. The summed E-state index contributed by atoms with van der Waals surface area (Å²) in [5.74, 6) is 1.67. The lowest BCUT2D eigenvalue weighted by Gasteiger charge is -2.24. The van der Waals surface area contributed by atoms with Gasteiger partial charge < -0.3 is 5.73 Å². The van der Waals surface area contributed by atoms with Gasteiger partial charge in [-0.3, -0.25) is 0 Å². The Labute approximate surface area is 88.9 Å². The van der Waals surface area contributed by atoms with E-state index in [1.807, 2.05) is 6.92 Å². The van der Waals surface area contributed by atoms with Gasteiger partial charge in [0.25, 0.3) is 0 Å². The molecule has 0 spiro atoms. The Hall–Kier alpha value is -0.480. The van der Waals surface area contributed by atoms with Gasteiger partial charge in [0.05, 0.1) is 0 Å². The van der Waals surface area contributed by atoms with Crippen molar-refractivity contribution in [1.29, 1.82) is 0 Å². The van der Waals surface area contributed by atoms with E-state index >= 15 is 0 Å². The molecular formula is C10H17N3S. The number of nitrogens with two attached hydrogens (primary N) is 1. The molecule has 2 N–H and O–H groups in total. The van der Waals surface area contributed by atoms with Crippen molar-refractivity contribution in [3.05, 3.63) is 10.8 Å². The molecular weight excluding hydrogens is 194 g/mol. The smallest absolute Gasteiger partial charge is 0.139 e. The van der Waals surface area contributed by atoms with Crippen LogP contribution in [0.25, 0.3) is 0 Å². The van der Waals surface area contributed by atoms with Crippen molar-refractivity contribution in [3.63, 3.8) is 0 Å². The second kappa shape index (κ2) is 3.59. The standard InChI is InChI=1S/C10H17N3S/c1-7-3-4-10(5-7,6-11)9-12-8(2)13-14-9/h7H,3-6,11H2,1-2H3. The molecule has 0 radical (unpaired) electrons. The molecule has 2 atom stereocenters. The maximum Gasteiger partial charge on any atom is 0.139 e. The molecule has 1 heterocycles. The van der Waals surface area contributed by atoms with E-state index in [-0.39, 0.29) is 5.41 Å². The van der Waals surface area contributed by atoms with Crippen LogP contribution in [-0.2, 0) is 5.41 Å². The molecule has 1 saturated carbocycles. The molecule has 3 nitrogen and oxygen atoms in total. The molecule has 0 bridgehead atoms. The third kappa shape index (κ3) is 1.57. The molecule has 2 rings (SSSR count). The first-order valence-corrected chi connectivity index (χ1v) is 5.94. The fourth-order valence-electron chi connectivity index (χ4n) is 2.37. The SMILES string of the molecule is Cc1nsc(C2(CN)CCC(C)C2)n1. The van der Waals surface area contributed by atoms with Crippen LogP contribution in [0.2, 0.25) is 0 Å². The maximum absolute atomic E-state index is 5.91. The van der Waals surface area contributed by atoms with Gasteiger partial charge in [-0.2, -0.15) is 4.37 Å². The van der Waals surface area contributed by atoms with Gasteiger partial charge in [-0.05, 0) is 43.6 Å². The van der Waals surface area contributed by atoms with Crippen LogP contribution in [0.4, 0.5) is 0 Å². The molecule has 0 aromatic carbocycles. The number of hydrogen-bond acceptors (Lipinski definition) is 4. The summed E-state index contributed by atoms with van der Waals surface area (Å²) in [6.45, 7) is 4.96. The molecule has 4 heteroatoms. The Morgan fingerprint density at radius 1 is 1.64 bits per heavy atom. The largest absolute Gasteiger partial charge is 0.329 e. The van der Waals surface area contributed by atoms with Gasteiger partial charge >= 0.3 is 0 Å². The van der Waals surface area contributed by atoms with Crippen LogP contribution in [0.5, 0.6) is 0 Å². The predicted molar refractivity (Wildman–Crippen MR) is 58.4 cm³/mol. The number of nitrogens with zero attached hydrogens (tertiary/aromatic N) is 2. The van der Waals surface area contributed by atoms with Crippen molar-refractivity contribution in [2.75, 3.05) is 6.54 Å². The van der Waals surface area contributed by atoms with Gasteiger partial charge in [-0.25, -0.2) is 4.98 Å². The number of aromatic nitrogens is 2. The normalized spacial score (nSPS) is 32.4. The zero-order chi connectivity index (χ0) is 10.2. The van der Waals surface area contributed by atoms with Gasteiger partial charge in [0.2, 0.25) is 0 Å². The maximum atomic E-state index is 5.91. The summed E-state index contributed by atoms with van der Waals surface area (Å²) in [4.78, 5) is 4.50. The first-order chi connectivity index (χ1) is 6.66. The van der Waals surface area contributed by atoms with E-state index in [1.54, 1.807) is 0 Å². The lowest BCUT2D eigenvalue weighted by molar-refractivity contribution is 0.431. The fourth-order valence-corrected chi connectivity index (χ4v) is 3.27. The highest BCUT2D eigenvalue weighted by Crippen LogP contribution is 2.43. The summed E-state index contributed by atoms with van der Waals surface area (Å²) in [5.41, 5.74) is 6.06. The molecule has 1 aliphatic rings. The average molecular weight is 211 g/mol. The van der Waals surface area contributed by atoms with Gasteiger partial charge in [0, 0.05) is 12.0 Å².